The second kappa shape index (κ2) is 7.72. The molecule has 1 atom stereocenters. The number of hydrogen-bond acceptors (Lipinski definition) is 3. The minimum Gasteiger partial charge on any atom is -0.327 e. The smallest absolute Gasteiger partial charge is 0.247 e. The molecular formula is C18H23N3O2. The van der Waals surface area contributed by atoms with E-state index in [-0.39, 0.29) is 11.8 Å². The van der Waals surface area contributed by atoms with Gasteiger partial charge in [0.1, 0.15) is 6.04 Å². The Morgan fingerprint density at radius 2 is 2.30 bits per heavy atom. The van der Waals surface area contributed by atoms with Crippen LogP contribution in [0.5, 0.6) is 0 Å². The third-order valence-corrected chi connectivity index (χ3v) is 3.94. The molecule has 1 aliphatic heterocycles. The van der Waals surface area contributed by atoms with E-state index in [1.54, 1.807) is 11.1 Å². The summed E-state index contributed by atoms with van der Waals surface area (Å²) in [6, 6.07) is 1.47. The zero-order valence-electron chi connectivity index (χ0n) is 13.7. The van der Waals surface area contributed by atoms with Gasteiger partial charge in [0.15, 0.2) is 0 Å². The second-order valence-electron chi connectivity index (χ2n) is 5.59. The van der Waals surface area contributed by atoms with Crippen LogP contribution < -0.4 is 5.32 Å². The van der Waals surface area contributed by atoms with Crippen LogP contribution in [0, 0.1) is 6.92 Å². The number of rotatable bonds is 5. The van der Waals surface area contributed by atoms with Gasteiger partial charge < -0.3 is 10.2 Å². The highest BCUT2D eigenvalue weighted by atomic mass is 16.2. The van der Waals surface area contributed by atoms with Crippen LogP contribution in [0.4, 0.5) is 5.69 Å². The molecule has 1 fully saturated rings. The van der Waals surface area contributed by atoms with E-state index >= 15 is 0 Å². The van der Waals surface area contributed by atoms with E-state index in [1.807, 2.05) is 19.1 Å². The van der Waals surface area contributed by atoms with Crippen LogP contribution in [0.1, 0.15) is 37.4 Å². The average Bonchev–Trinajstić information content (AvgIpc) is 3.04. The monoisotopic (exact) mass is 313 g/mol. The molecule has 1 saturated heterocycles. The Bertz CT molecular complexity index is 637. The lowest BCUT2D eigenvalue weighted by Crippen LogP contribution is -2.42. The van der Waals surface area contributed by atoms with Gasteiger partial charge in [-0.3, -0.25) is 14.6 Å². The Morgan fingerprint density at radius 3 is 3.00 bits per heavy atom. The number of aryl methyl sites for hydroxylation is 1. The summed E-state index contributed by atoms with van der Waals surface area (Å²) in [5, 5.41) is 2.87. The maximum Gasteiger partial charge on any atom is 0.247 e. The average molecular weight is 313 g/mol. The van der Waals surface area contributed by atoms with E-state index in [4.69, 9.17) is 0 Å². The number of hydrogen-bond donors (Lipinski definition) is 1. The molecule has 0 spiro atoms. The Labute approximate surface area is 137 Å². The van der Waals surface area contributed by atoms with E-state index in [0.717, 1.165) is 24.1 Å². The Morgan fingerprint density at radius 1 is 1.52 bits per heavy atom. The maximum absolute atomic E-state index is 12.5. The quantitative estimate of drug-likeness (QED) is 0.850. The molecule has 122 valence electrons. The van der Waals surface area contributed by atoms with Crippen molar-refractivity contribution >= 4 is 23.6 Å². The van der Waals surface area contributed by atoms with E-state index in [1.165, 1.54) is 6.08 Å². The van der Waals surface area contributed by atoms with Gasteiger partial charge in [-0.25, -0.2) is 0 Å². The highest BCUT2D eigenvalue weighted by Gasteiger charge is 2.32. The number of nitrogens with one attached hydrogen (secondary N) is 1. The fourth-order valence-corrected chi connectivity index (χ4v) is 2.68. The molecule has 1 aromatic heterocycles. The molecule has 5 heteroatoms. The van der Waals surface area contributed by atoms with E-state index in [2.05, 4.69) is 29.9 Å². The van der Waals surface area contributed by atoms with E-state index in [0.29, 0.717) is 18.7 Å². The largest absolute Gasteiger partial charge is 0.327 e. The van der Waals surface area contributed by atoms with Gasteiger partial charge in [-0.1, -0.05) is 25.7 Å². The molecule has 0 radical (unpaired) electrons. The van der Waals surface area contributed by atoms with Gasteiger partial charge in [0.25, 0.3) is 0 Å². The standard InChI is InChI=1S/C18H23N3O2/c1-4-6-8-14-11-15(12-19-13(14)3)20-18(23)16-9-7-10-21(16)17(22)5-2/h5-6,8,11-12,16H,2,4,7,9-10H2,1,3H3,(H,20,23)/b8-6-. The van der Waals surface area contributed by atoms with Crippen LogP contribution in [0.25, 0.3) is 6.08 Å². The lowest BCUT2D eigenvalue weighted by Gasteiger charge is -2.22. The van der Waals surface area contributed by atoms with Crippen LogP contribution >= 0.6 is 0 Å². The number of aromatic nitrogens is 1. The molecule has 23 heavy (non-hydrogen) atoms. The molecule has 1 aromatic rings. The van der Waals surface area contributed by atoms with Gasteiger partial charge in [-0.2, -0.15) is 0 Å². The zero-order chi connectivity index (χ0) is 16.8. The van der Waals surface area contributed by atoms with Crippen molar-refractivity contribution in [3.05, 3.63) is 42.3 Å². The molecule has 0 aliphatic carbocycles. The number of carbonyl (C=O) groups excluding carboxylic acids is 2. The third kappa shape index (κ3) is 4.06. The molecule has 0 aromatic carbocycles. The van der Waals surface area contributed by atoms with Crippen molar-refractivity contribution in [3.63, 3.8) is 0 Å². The first kappa shape index (κ1) is 16.9. The SMILES string of the molecule is C=CC(=O)N1CCCC1C(=O)Nc1cnc(C)c(/C=C\CC)c1. The minimum absolute atomic E-state index is 0.172. The molecule has 2 amide bonds. The highest BCUT2D eigenvalue weighted by Crippen LogP contribution is 2.20. The Balaban J connectivity index is 2.12. The number of amides is 2. The Hall–Kier alpha value is -2.43. The first-order valence-electron chi connectivity index (χ1n) is 7.94. The van der Waals surface area contributed by atoms with Gasteiger partial charge in [0.05, 0.1) is 11.9 Å². The second-order valence-corrected chi connectivity index (χ2v) is 5.59. The normalized spacial score (nSPS) is 17.5. The van der Waals surface area contributed by atoms with Crippen molar-refractivity contribution in [1.29, 1.82) is 0 Å². The van der Waals surface area contributed by atoms with Crippen molar-refractivity contribution in [2.45, 2.75) is 39.2 Å². The van der Waals surface area contributed by atoms with Crippen molar-refractivity contribution in [2.75, 3.05) is 11.9 Å². The summed E-state index contributed by atoms with van der Waals surface area (Å²) in [4.78, 5) is 30.2. The van der Waals surface area contributed by atoms with Crippen molar-refractivity contribution in [1.82, 2.24) is 9.88 Å². The summed E-state index contributed by atoms with van der Waals surface area (Å²) in [5.41, 5.74) is 2.54. The predicted octanol–water partition coefficient (Wildman–Crippen LogP) is 2.93. The van der Waals surface area contributed by atoms with Crippen LogP contribution in [0.15, 0.2) is 31.0 Å². The summed E-state index contributed by atoms with van der Waals surface area (Å²) in [6.45, 7) is 8.09. The summed E-state index contributed by atoms with van der Waals surface area (Å²) in [5.74, 6) is -0.370. The van der Waals surface area contributed by atoms with Gasteiger partial charge >= 0.3 is 0 Å². The molecule has 2 rings (SSSR count). The number of anilines is 1. The van der Waals surface area contributed by atoms with Crippen LogP contribution in [0.2, 0.25) is 0 Å². The molecule has 1 aliphatic rings. The zero-order valence-corrected chi connectivity index (χ0v) is 13.7. The predicted molar refractivity (Wildman–Crippen MR) is 91.9 cm³/mol. The fourth-order valence-electron chi connectivity index (χ4n) is 2.68. The van der Waals surface area contributed by atoms with Crippen molar-refractivity contribution in [3.8, 4) is 0 Å². The Kier molecular flexibility index (Phi) is 5.68. The first-order valence-corrected chi connectivity index (χ1v) is 7.94. The molecule has 1 N–H and O–H groups in total. The van der Waals surface area contributed by atoms with Crippen LogP contribution in [-0.4, -0.2) is 34.3 Å². The highest BCUT2D eigenvalue weighted by molar-refractivity contribution is 5.99. The van der Waals surface area contributed by atoms with E-state index in [9.17, 15) is 9.59 Å². The van der Waals surface area contributed by atoms with Crippen LogP contribution in [-0.2, 0) is 9.59 Å². The fraction of sp³-hybridized carbons (Fsp3) is 0.389. The third-order valence-electron chi connectivity index (χ3n) is 3.94. The lowest BCUT2D eigenvalue weighted by molar-refractivity contribution is -0.132. The summed E-state index contributed by atoms with van der Waals surface area (Å²) >= 11 is 0. The number of carbonyl (C=O) groups is 2. The number of nitrogens with zero attached hydrogens (tertiary/aromatic N) is 2. The van der Waals surface area contributed by atoms with E-state index < -0.39 is 6.04 Å². The van der Waals surface area contributed by atoms with Gasteiger partial charge in [0.2, 0.25) is 11.8 Å². The number of likely N-dealkylation sites (tertiary alicyclic amines) is 1. The summed E-state index contributed by atoms with van der Waals surface area (Å²) < 4.78 is 0. The summed E-state index contributed by atoms with van der Waals surface area (Å²) in [7, 11) is 0. The molecule has 5 nitrogen and oxygen atoms in total. The topological polar surface area (TPSA) is 62.3 Å². The maximum atomic E-state index is 12.5. The first-order chi connectivity index (χ1) is 11.1. The lowest BCUT2D eigenvalue weighted by atomic mass is 10.1. The molecule has 0 saturated carbocycles. The van der Waals surface area contributed by atoms with Gasteiger partial charge in [0, 0.05) is 12.2 Å². The summed E-state index contributed by atoms with van der Waals surface area (Å²) in [6.07, 6.45) is 9.40. The van der Waals surface area contributed by atoms with Gasteiger partial charge in [-0.15, -0.1) is 0 Å². The minimum atomic E-state index is -0.434. The van der Waals surface area contributed by atoms with Crippen LogP contribution in [0.3, 0.4) is 0 Å². The number of allylic oxidation sites excluding steroid dienone is 1. The molecular weight excluding hydrogens is 290 g/mol. The van der Waals surface area contributed by atoms with Crippen molar-refractivity contribution < 1.29 is 9.59 Å². The van der Waals surface area contributed by atoms with Gasteiger partial charge in [-0.05, 0) is 43.9 Å². The molecule has 2 heterocycles. The number of pyridine rings is 1. The van der Waals surface area contributed by atoms with Crippen molar-refractivity contribution in [2.24, 2.45) is 0 Å². The molecule has 1 unspecified atom stereocenters. The molecule has 0 bridgehead atoms.